The minimum Gasteiger partial charge on any atom is -0.463 e. The topological polar surface area (TPSA) is 159 Å². The first-order valence-corrected chi connectivity index (χ1v) is 12.4. The number of carbonyl (C=O) groups is 3. The van der Waals surface area contributed by atoms with E-state index in [1.54, 1.807) is 24.3 Å². The second-order valence-electron chi connectivity index (χ2n) is 8.91. The molecule has 0 spiro atoms. The quantitative estimate of drug-likeness (QED) is 0.188. The average Bonchev–Trinajstić information content (AvgIpc) is 3.45. The van der Waals surface area contributed by atoms with Crippen molar-refractivity contribution < 1.29 is 42.8 Å². The van der Waals surface area contributed by atoms with Gasteiger partial charge in [0.2, 0.25) is 0 Å². The molecule has 1 aliphatic heterocycles. The van der Waals surface area contributed by atoms with Gasteiger partial charge < -0.3 is 28.4 Å². The summed E-state index contributed by atoms with van der Waals surface area (Å²) in [7, 11) is 1.54. The summed E-state index contributed by atoms with van der Waals surface area (Å²) < 4.78 is 35.6. The molecule has 2 aromatic heterocycles. The zero-order chi connectivity index (χ0) is 28.8. The van der Waals surface area contributed by atoms with Crippen LogP contribution in [0.25, 0.3) is 22.6 Å². The molecule has 1 aromatic carbocycles. The van der Waals surface area contributed by atoms with Gasteiger partial charge in [-0.05, 0) is 0 Å². The van der Waals surface area contributed by atoms with Crippen molar-refractivity contribution in [2.45, 2.75) is 52.0 Å². The Morgan fingerprint density at radius 2 is 1.68 bits per heavy atom. The first-order valence-electron chi connectivity index (χ1n) is 12.4. The van der Waals surface area contributed by atoms with E-state index >= 15 is 0 Å². The molecule has 0 radical (unpaired) electrons. The van der Waals surface area contributed by atoms with E-state index in [1.165, 1.54) is 43.3 Å². The molecule has 0 unspecified atom stereocenters. The zero-order valence-corrected chi connectivity index (χ0v) is 22.5. The number of nitrogens with zero attached hydrogens (tertiary/aromatic N) is 4. The summed E-state index contributed by atoms with van der Waals surface area (Å²) >= 11 is 0. The minimum absolute atomic E-state index is 0.00865. The number of hydrogen-bond acceptors (Lipinski definition) is 12. The highest BCUT2D eigenvalue weighted by Crippen LogP contribution is 2.38. The van der Waals surface area contributed by atoms with Gasteiger partial charge in [-0.2, -0.15) is 0 Å². The number of hydrogen-bond donors (Lipinski definition) is 0. The average molecular weight is 559 g/mol. The summed E-state index contributed by atoms with van der Waals surface area (Å²) in [6.07, 6.45) is -3.18. The molecule has 14 heteroatoms. The lowest BCUT2D eigenvalue weighted by molar-refractivity contribution is -0.166. The Morgan fingerprint density at radius 1 is 0.975 bits per heavy atom. The van der Waals surface area contributed by atoms with E-state index in [2.05, 4.69) is 9.97 Å². The molecular formula is C26H30N4O10. The number of methoxy groups -OCH3 is 1. The maximum atomic E-state index is 13.4. The van der Waals surface area contributed by atoms with Crippen LogP contribution in [0.4, 0.5) is 0 Å². The van der Waals surface area contributed by atoms with Crippen molar-refractivity contribution in [3.8, 4) is 11.4 Å². The molecule has 0 aliphatic carbocycles. The van der Waals surface area contributed by atoms with Crippen LogP contribution in [0.5, 0.6) is 0 Å². The van der Waals surface area contributed by atoms with E-state index in [-0.39, 0.29) is 36.9 Å². The van der Waals surface area contributed by atoms with Gasteiger partial charge in [-0.15, -0.1) is 0 Å². The Morgan fingerprint density at radius 3 is 2.33 bits per heavy atom. The molecule has 0 saturated carbocycles. The van der Waals surface area contributed by atoms with Gasteiger partial charge in [-0.25, -0.2) is 9.97 Å². The Hall–Kier alpha value is -4.14. The molecule has 0 N–H and O–H groups in total. The monoisotopic (exact) mass is 558 g/mol. The van der Waals surface area contributed by atoms with E-state index in [9.17, 15) is 19.2 Å². The molecule has 40 heavy (non-hydrogen) atoms. The molecule has 214 valence electrons. The summed E-state index contributed by atoms with van der Waals surface area (Å²) in [5.41, 5.74) is 0.275. The lowest BCUT2D eigenvalue weighted by atomic mass is 10.1. The van der Waals surface area contributed by atoms with Gasteiger partial charge in [-0.1, -0.05) is 30.3 Å². The van der Waals surface area contributed by atoms with Crippen LogP contribution in [0, 0.1) is 0 Å². The van der Waals surface area contributed by atoms with E-state index in [1.807, 2.05) is 6.07 Å². The minimum atomic E-state index is -1.19. The SMILES string of the molecule is COCCOCn1cnc2c(nc(-c3ccccc3)n2[C@@H]2O[C@H](COC(C)=O)[C@@H](OC(C)=O)[C@H]2OC(C)=O)c1=O. The molecule has 4 atom stereocenters. The van der Waals surface area contributed by atoms with Crippen molar-refractivity contribution in [3.63, 3.8) is 0 Å². The lowest BCUT2D eigenvalue weighted by Gasteiger charge is -2.24. The molecular weight excluding hydrogens is 528 g/mol. The van der Waals surface area contributed by atoms with Gasteiger partial charge in [-0.3, -0.25) is 28.3 Å². The van der Waals surface area contributed by atoms with Crippen LogP contribution in [0.15, 0.2) is 41.5 Å². The van der Waals surface area contributed by atoms with Crippen molar-refractivity contribution in [3.05, 3.63) is 47.0 Å². The number of aromatic nitrogens is 4. The highest BCUT2D eigenvalue weighted by molar-refractivity contribution is 5.77. The summed E-state index contributed by atoms with van der Waals surface area (Å²) in [6, 6.07) is 8.95. The van der Waals surface area contributed by atoms with Crippen LogP contribution >= 0.6 is 0 Å². The number of fused-ring (bicyclic) bond motifs is 1. The van der Waals surface area contributed by atoms with Gasteiger partial charge in [0, 0.05) is 33.4 Å². The Balaban J connectivity index is 1.86. The summed E-state index contributed by atoms with van der Waals surface area (Å²) in [4.78, 5) is 58.2. The highest BCUT2D eigenvalue weighted by Gasteiger charge is 2.51. The predicted octanol–water partition coefficient (Wildman–Crippen LogP) is 1.20. The van der Waals surface area contributed by atoms with E-state index in [0.717, 1.165) is 0 Å². The Kier molecular flexibility index (Phi) is 9.24. The Labute approximate surface area is 228 Å². The smallest absolute Gasteiger partial charge is 0.303 e. The molecule has 0 bridgehead atoms. The number of carbonyl (C=O) groups excluding carboxylic acids is 3. The van der Waals surface area contributed by atoms with Crippen molar-refractivity contribution in [2.75, 3.05) is 26.9 Å². The van der Waals surface area contributed by atoms with Gasteiger partial charge in [0.1, 0.15) is 31.6 Å². The van der Waals surface area contributed by atoms with Crippen molar-refractivity contribution >= 4 is 29.1 Å². The Bertz CT molecular complexity index is 1420. The zero-order valence-electron chi connectivity index (χ0n) is 22.5. The fourth-order valence-electron chi connectivity index (χ4n) is 4.33. The molecule has 14 nitrogen and oxygen atoms in total. The molecule has 1 aliphatic rings. The second-order valence-corrected chi connectivity index (χ2v) is 8.91. The van der Waals surface area contributed by atoms with Crippen LogP contribution in [0.3, 0.4) is 0 Å². The first-order chi connectivity index (χ1) is 19.2. The third-order valence-electron chi connectivity index (χ3n) is 5.96. The summed E-state index contributed by atoms with van der Waals surface area (Å²) in [5, 5.41) is 0. The fourth-order valence-corrected chi connectivity index (χ4v) is 4.33. The van der Waals surface area contributed by atoms with E-state index < -0.39 is 48.0 Å². The van der Waals surface area contributed by atoms with E-state index in [0.29, 0.717) is 12.2 Å². The number of benzene rings is 1. The van der Waals surface area contributed by atoms with Crippen molar-refractivity contribution in [1.82, 2.24) is 19.1 Å². The maximum Gasteiger partial charge on any atom is 0.303 e. The van der Waals surface area contributed by atoms with Crippen molar-refractivity contribution in [2.24, 2.45) is 0 Å². The third kappa shape index (κ3) is 6.35. The second kappa shape index (κ2) is 12.8. The van der Waals surface area contributed by atoms with Crippen LogP contribution in [0.2, 0.25) is 0 Å². The number of rotatable bonds is 11. The van der Waals surface area contributed by atoms with Crippen LogP contribution in [-0.4, -0.2) is 82.3 Å². The number of imidazole rings is 1. The standard InChI is InChI=1S/C26H30N4O10/c1-15(31)37-12-19-21(38-16(2)32)22(39-17(3)33)26(40-19)30-23(18-8-6-5-7-9-18)28-20-24(30)27-13-29(25(20)34)14-36-11-10-35-4/h5-9,13,19,21-22,26H,10-12,14H2,1-4H3/t19-,21-,22-,26-/m1/s1. The van der Waals surface area contributed by atoms with Crippen LogP contribution in [0.1, 0.15) is 27.0 Å². The normalized spacial score (nSPS) is 20.4. The fraction of sp³-hybridized carbons (Fsp3) is 0.462. The van der Waals surface area contributed by atoms with Gasteiger partial charge >= 0.3 is 17.9 Å². The molecule has 1 fully saturated rings. The first kappa shape index (κ1) is 28.9. The number of esters is 3. The van der Waals surface area contributed by atoms with Gasteiger partial charge in [0.05, 0.1) is 13.2 Å². The third-order valence-corrected chi connectivity index (χ3v) is 5.96. The molecule has 0 amide bonds. The largest absolute Gasteiger partial charge is 0.463 e. The van der Waals surface area contributed by atoms with Crippen LogP contribution in [-0.2, 0) is 49.5 Å². The van der Waals surface area contributed by atoms with Gasteiger partial charge in [0.25, 0.3) is 5.56 Å². The predicted molar refractivity (Wildman–Crippen MR) is 137 cm³/mol. The molecule has 1 saturated heterocycles. The summed E-state index contributed by atoms with van der Waals surface area (Å²) in [5.74, 6) is -1.62. The van der Waals surface area contributed by atoms with Gasteiger partial charge in [0.15, 0.2) is 29.6 Å². The molecule has 3 aromatic rings. The molecule has 4 rings (SSSR count). The highest BCUT2D eigenvalue weighted by atomic mass is 16.7. The van der Waals surface area contributed by atoms with Crippen LogP contribution < -0.4 is 5.56 Å². The number of ether oxygens (including phenoxy) is 6. The lowest BCUT2D eigenvalue weighted by Crippen LogP contribution is -2.40. The molecule has 3 heterocycles. The van der Waals surface area contributed by atoms with Crippen molar-refractivity contribution in [1.29, 1.82) is 0 Å². The van der Waals surface area contributed by atoms with E-state index in [4.69, 9.17) is 28.4 Å². The maximum absolute atomic E-state index is 13.4. The summed E-state index contributed by atoms with van der Waals surface area (Å²) in [6.45, 7) is 3.88.